The summed E-state index contributed by atoms with van der Waals surface area (Å²) in [7, 11) is 0. The van der Waals surface area contributed by atoms with Gasteiger partial charge in [0.1, 0.15) is 0 Å². The number of hydrogen-bond donors (Lipinski definition) is 1. The number of rotatable bonds is 2. The molecule has 0 spiro atoms. The van der Waals surface area contributed by atoms with Crippen LogP contribution in [0.25, 0.3) is 11.7 Å². The van der Waals surface area contributed by atoms with Gasteiger partial charge in [0.05, 0.1) is 0 Å². The van der Waals surface area contributed by atoms with E-state index in [9.17, 15) is 4.79 Å². The van der Waals surface area contributed by atoms with Gasteiger partial charge >= 0.3 is 5.97 Å². The Kier molecular flexibility index (Phi) is 1.97. The van der Waals surface area contributed by atoms with Crippen LogP contribution in [0, 0.1) is 0 Å². The Bertz CT molecular complexity index is 475. The summed E-state index contributed by atoms with van der Waals surface area (Å²) in [6.45, 7) is 0. The predicted molar refractivity (Wildman–Crippen MR) is 44.0 cm³/mol. The molecule has 0 atom stereocenters. The number of aromatic carboxylic acids is 1. The van der Waals surface area contributed by atoms with Crippen LogP contribution in [0.1, 0.15) is 10.6 Å². The number of carbonyl (C=O) groups is 1. The molecule has 0 unspecified atom stereocenters. The number of carboxylic acid groups (broad SMARTS) is 1. The van der Waals surface area contributed by atoms with Crippen molar-refractivity contribution in [3.63, 3.8) is 0 Å². The first-order chi connectivity index (χ1) is 6.66. The van der Waals surface area contributed by atoms with Gasteiger partial charge in [0.25, 0.3) is 11.7 Å². The number of carboxylic acids is 1. The molecule has 0 aliphatic heterocycles. The van der Waals surface area contributed by atoms with E-state index in [1.54, 1.807) is 0 Å². The largest absolute Gasteiger partial charge is 0.475 e. The molecule has 0 saturated heterocycles. The molecule has 0 fully saturated rings. The van der Waals surface area contributed by atoms with Crippen molar-refractivity contribution in [1.29, 1.82) is 0 Å². The molecule has 0 saturated carbocycles. The average Bonchev–Trinajstić information content (AvgIpc) is 2.70. The maximum atomic E-state index is 10.4. The summed E-state index contributed by atoms with van der Waals surface area (Å²) >= 11 is 5.51. The second kappa shape index (κ2) is 3.15. The zero-order valence-electron chi connectivity index (χ0n) is 6.60. The van der Waals surface area contributed by atoms with Gasteiger partial charge in [0, 0.05) is 0 Å². The monoisotopic (exact) mass is 214 g/mol. The number of hydrogen-bond acceptors (Lipinski definition) is 5. The van der Waals surface area contributed by atoms with Gasteiger partial charge in [-0.2, -0.15) is 4.98 Å². The number of halogens is 1. The van der Waals surface area contributed by atoms with Crippen molar-refractivity contribution in [3.05, 3.63) is 23.2 Å². The van der Waals surface area contributed by atoms with Crippen molar-refractivity contribution < 1.29 is 18.8 Å². The highest BCUT2D eigenvalue weighted by Crippen LogP contribution is 2.22. The highest BCUT2D eigenvalue weighted by Gasteiger charge is 2.16. The molecule has 0 aromatic carbocycles. The van der Waals surface area contributed by atoms with E-state index in [2.05, 4.69) is 14.7 Å². The predicted octanol–water partition coefficient (Wildman–Crippen LogP) is 1.68. The Balaban J connectivity index is 2.38. The van der Waals surface area contributed by atoms with E-state index >= 15 is 0 Å². The molecule has 1 N–H and O–H groups in total. The first-order valence-electron chi connectivity index (χ1n) is 3.49. The minimum absolute atomic E-state index is 0.0192. The molecule has 2 rings (SSSR count). The maximum Gasteiger partial charge on any atom is 0.377 e. The quantitative estimate of drug-likeness (QED) is 0.818. The molecule has 7 heteroatoms. The summed E-state index contributed by atoms with van der Waals surface area (Å²) in [4.78, 5) is 14.0. The first kappa shape index (κ1) is 8.76. The van der Waals surface area contributed by atoms with Crippen LogP contribution in [0.3, 0.4) is 0 Å². The molecule has 0 aliphatic carbocycles. The Labute approximate surface area is 82.1 Å². The Morgan fingerprint density at radius 1 is 1.50 bits per heavy atom. The molecule has 72 valence electrons. The van der Waals surface area contributed by atoms with Crippen molar-refractivity contribution in [2.24, 2.45) is 0 Å². The van der Waals surface area contributed by atoms with Crippen LogP contribution in [0.4, 0.5) is 0 Å². The molecule has 0 aliphatic rings. The van der Waals surface area contributed by atoms with Crippen LogP contribution < -0.4 is 0 Å². The van der Waals surface area contributed by atoms with Gasteiger partial charge in [0.2, 0.25) is 0 Å². The van der Waals surface area contributed by atoms with Gasteiger partial charge in [-0.3, -0.25) is 0 Å². The van der Waals surface area contributed by atoms with Crippen molar-refractivity contribution >= 4 is 17.6 Å². The number of nitrogens with zero attached hydrogens (tertiary/aromatic N) is 2. The standard InChI is InChI=1S/C7H3ClN2O4/c8-4-2-1-3(13-4)6-9-5(7(11)12)10-14-6/h1-2H,(H,11,12). The van der Waals surface area contributed by atoms with Crippen molar-refractivity contribution in [1.82, 2.24) is 10.1 Å². The van der Waals surface area contributed by atoms with E-state index < -0.39 is 11.8 Å². The molecule has 14 heavy (non-hydrogen) atoms. The fourth-order valence-electron chi connectivity index (χ4n) is 0.840. The van der Waals surface area contributed by atoms with E-state index in [-0.39, 0.29) is 16.9 Å². The highest BCUT2D eigenvalue weighted by molar-refractivity contribution is 6.28. The smallest absolute Gasteiger partial charge is 0.377 e. The van der Waals surface area contributed by atoms with E-state index in [1.807, 2.05) is 0 Å². The zero-order valence-corrected chi connectivity index (χ0v) is 7.35. The summed E-state index contributed by atoms with van der Waals surface area (Å²) in [6, 6.07) is 2.99. The third-order valence-corrected chi connectivity index (χ3v) is 1.60. The van der Waals surface area contributed by atoms with E-state index in [0.717, 1.165) is 0 Å². The zero-order chi connectivity index (χ0) is 10.1. The van der Waals surface area contributed by atoms with E-state index in [1.165, 1.54) is 12.1 Å². The van der Waals surface area contributed by atoms with Gasteiger partial charge in [-0.1, -0.05) is 0 Å². The SMILES string of the molecule is O=C(O)c1noc(-c2ccc(Cl)o2)n1. The van der Waals surface area contributed by atoms with Crippen LogP contribution in [-0.2, 0) is 0 Å². The molecule has 0 radical (unpaired) electrons. The van der Waals surface area contributed by atoms with Gasteiger partial charge in [0.15, 0.2) is 11.0 Å². The molecule has 0 bridgehead atoms. The third kappa shape index (κ3) is 1.47. The Hall–Kier alpha value is -1.82. The lowest BCUT2D eigenvalue weighted by Crippen LogP contribution is -1.98. The molecule has 0 amide bonds. The van der Waals surface area contributed by atoms with Gasteiger partial charge < -0.3 is 14.0 Å². The topological polar surface area (TPSA) is 89.4 Å². The Morgan fingerprint density at radius 2 is 2.29 bits per heavy atom. The van der Waals surface area contributed by atoms with Crippen LogP contribution in [-0.4, -0.2) is 21.2 Å². The van der Waals surface area contributed by atoms with Crippen molar-refractivity contribution in [2.75, 3.05) is 0 Å². The van der Waals surface area contributed by atoms with Gasteiger partial charge in [-0.05, 0) is 28.9 Å². The fourth-order valence-corrected chi connectivity index (χ4v) is 0.986. The lowest BCUT2D eigenvalue weighted by atomic mass is 10.4. The normalized spacial score (nSPS) is 10.4. The van der Waals surface area contributed by atoms with Crippen LogP contribution in [0.2, 0.25) is 5.22 Å². The summed E-state index contributed by atoms with van der Waals surface area (Å²) in [5, 5.41) is 11.9. The minimum Gasteiger partial charge on any atom is -0.475 e. The van der Waals surface area contributed by atoms with Crippen LogP contribution in [0.5, 0.6) is 0 Å². The lowest BCUT2D eigenvalue weighted by molar-refractivity contribution is 0.0680. The second-order valence-corrected chi connectivity index (χ2v) is 2.70. The molecular weight excluding hydrogens is 212 g/mol. The van der Waals surface area contributed by atoms with E-state index in [0.29, 0.717) is 0 Å². The summed E-state index contributed by atoms with van der Waals surface area (Å²) < 4.78 is 9.57. The third-order valence-electron chi connectivity index (χ3n) is 1.40. The van der Waals surface area contributed by atoms with Crippen molar-refractivity contribution in [2.45, 2.75) is 0 Å². The highest BCUT2D eigenvalue weighted by atomic mass is 35.5. The lowest BCUT2D eigenvalue weighted by Gasteiger charge is -1.83. The summed E-state index contributed by atoms with van der Waals surface area (Å²) in [5.74, 6) is -1.48. The molecular formula is C7H3ClN2O4. The number of furan rings is 1. The number of aromatic nitrogens is 2. The van der Waals surface area contributed by atoms with Gasteiger partial charge in [-0.15, -0.1) is 0 Å². The maximum absolute atomic E-state index is 10.4. The van der Waals surface area contributed by atoms with Gasteiger partial charge in [-0.25, -0.2) is 4.79 Å². The van der Waals surface area contributed by atoms with Crippen LogP contribution in [0.15, 0.2) is 21.1 Å². The molecule has 2 aromatic heterocycles. The van der Waals surface area contributed by atoms with E-state index in [4.69, 9.17) is 21.1 Å². The fraction of sp³-hybridized carbons (Fsp3) is 0. The molecule has 6 nitrogen and oxygen atoms in total. The molecule has 2 aromatic rings. The summed E-state index contributed by atoms with van der Waals surface area (Å²) in [6.07, 6.45) is 0. The second-order valence-electron chi connectivity index (χ2n) is 2.33. The van der Waals surface area contributed by atoms with Crippen LogP contribution >= 0.6 is 11.6 Å². The summed E-state index contributed by atoms with van der Waals surface area (Å²) in [5.41, 5.74) is 0. The minimum atomic E-state index is -1.27. The molecule has 2 heterocycles. The van der Waals surface area contributed by atoms with Crippen molar-refractivity contribution in [3.8, 4) is 11.7 Å². The first-order valence-corrected chi connectivity index (χ1v) is 3.87. The Morgan fingerprint density at radius 3 is 2.79 bits per heavy atom. The average molecular weight is 215 g/mol.